The Morgan fingerprint density at radius 2 is 1.69 bits per heavy atom. The molecule has 1 aliphatic heterocycles. The summed E-state index contributed by atoms with van der Waals surface area (Å²) in [7, 11) is 2.11. The third kappa shape index (κ3) is 1.80. The minimum atomic E-state index is 0.779. The topological polar surface area (TPSA) is 15.3 Å². The molecule has 0 amide bonds. The van der Waals surface area contributed by atoms with Crippen molar-refractivity contribution in [3.8, 4) is 0 Å². The Labute approximate surface area is 99.8 Å². The second-order valence-electron chi connectivity index (χ2n) is 6.67. The third-order valence-electron chi connectivity index (χ3n) is 5.44. The number of nitrogens with one attached hydrogen (secondary N) is 1. The first-order valence-electron chi connectivity index (χ1n) is 7.12. The highest BCUT2D eigenvalue weighted by Crippen LogP contribution is 2.57. The zero-order valence-corrected chi connectivity index (χ0v) is 10.8. The van der Waals surface area contributed by atoms with Crippen molar-refractivity contribution in [3.05, 3.63) is 0 Å². The molecule has 1 saturated heterocycles. The van der Waals surface area contributed by atoms with Gasteiger partial charge in [0.25, 0.3) is 0 Å². The molecule has 0 aromatic rings. The van der Waals surface area contributed by atoms with Crippen molar-refractivity contribution in [2.45, 2.75) is 57.5 Å². The Hall–Kier alpha value is -0.0800. The summed E-state index contributed by atoms with van der Waals surface area (Å²) in [5.41, 5.74) is 0.779. The average Bonchev–Trinajstić information content (AvgIpc) is 2.17. The molecule has 0 aromatic carbocycles. The van der Waals surface area contributed by atoms with Gasteiger partial charge in [-0.15, -0.1) is 0 Å². The molecule has 1 heterocycles. The van der Waals surface area contributed by atoms with Gasteiger partial charge in [-0.25, -0.2) is 0 Å². The number of rotatable bonds is 2. The van der Waals surface area contributed by atoms with Gasteiger partial charge in [-0.05, 0) is 70.0 Å². The van der Waals surface area contributed by atoms with Crippen LogP contribution in [0.4, 0.5) is 0 Å². The van der Waals surface area contributed by atoms with Gasteiger partial charge in [0.05, 0.1) is 0 Å². The van der Waals surface area contributed by atoms with E-state index in [4.69, 9.17) is 0 Å². The predicted molar refractivity (Wildman–Crippen MR) is 67.5 cm³/mol. The number of likely N-dealkylation sites (tertiary alicyclic amines) is 1. The van der Waals surface area contributed by atoms with Crippen molar-refractivity contribution in [1.82, 2.24) is 10.2 Å². The normalized spacial score (nSPS) is 45.4. The molecule has 3 aliphatic rings. The molecule has 2 nitrogen and oxygen atoms in total. The maximum atomic E-state index is 3.41. The van der Waals surface area contributed by atoms with Crippen molar-refractivity contribution in [2.24, 2.45) is 11.3 Å². The molecular weight excluding hydrogens is 196 g/mol. The van der Waals surface area contributed by atoms with Crippen LogP contribution in [0, 0.1) is 11.3 Å². The van der Waals surface area contributed by atoms with Gasteiger partial charge in [-0.2, -0.15) is 0 Å². The Morgan fingerprint density at radius 1 is 1.06 bits per heavy atom. The molecule has 0 bridgehead atoms. The molecule has 16 heavy (non-hydrogen) atoms. The summed E-state index contributed by atoms with van der Waals surface area (Å²) < 4.78 is 0. The Bertz CT molecular complexity index is 241. The smallest absolute Gasteiger partial charge is 0.0106 e. The summed E-state index contributed by atoms with van der Waals surface area (Å²) in [6, 6.07) is 1.78. The van der Waals surface area contributed by atoms with Gasteiger partial charge in [0, 0.05) is 12.1 Å². The molecule has 3 rings (SSSR count). The molecule has 0 atom stereocenters. The predicted octanol–water partition coefficient (Wildman–Crippen LogP) is 2.25. The molecule has 2 saturated carbocycles. The molecule has 0 aromatic heterocycles. The maximum absolute atomic E-state index is 3.41. The van der Waals surface area contributed by atoms with E-state index >= 15 is 0 Å². The van der Waals surface area contributed by atoms with Crippen molar-refractivity contribution >= 4 is 0 Å². The van der Waals surface area contributed by atoms with E-state index in [0.29, 0.717) is 0 Å². The number of hydrogen-bond acceptors (Lipinski definition) is 2. The van der Waals surface area contributed by atoms with Crippen LogP contribution in [-0.2, 0) is 0 Å². The fourth-order valence-electron chi connectivity index (χ4n) is 4.11. The summed E-state index contributed by atoms with van der Waals surface area (Å²) >= 11 is 0. The molecule has 3 fully saturated rings. The van der Waals surface area contributed by atoms with Gasteiger partial charge in [-0.3, -0.25) is 0 Å². The monoisotopic (exact) mass is 222 g/mol. The van der Waals surface area contributed by atoms with E-state index in [1.807, 2.05) is 0 Å². The third-order valence-corrected chi connectivity index (χ3v) is 5.44. The maximum Gasteiger partial charge on any atom is 0.0106 e. The highest BCUT2D eigenvalue weighted by atomic mass is 15.2. The first-order valence-corrected chi connectivity index (χ1v) is 7.12. The van der Waals surface area contributed by atoms with E-state index in [1.165, 1.54) is 51.6 Å². The lowest BCUT2D eigenvalue weighted by Crippen LogP contribution is -2.60. The molecule has 2 aliphatic carbocycles. The van der Waals surface area contributed by atoms with Crippen molar-refractivity contribution < 1.29 is 0 Å². The molecule has 0 unspecified atom stereocenters. The van der Waals surface area contributed by atoms with E-state index < -0.39 is 0 Å². The van der Waals surface area contributed by atoms with Crippen LogP contribution in [0.25, 0.3) is 0 Å². The van der Waals surface area contributed by atoms with E-state index in [-0.39, 0.29) is 0 Å². The summed E-state index contributed by atoms with van der Waals surface area (Å²) in [5, 5.41) is 3.41. The average molecular weight is 222 g/mol. The molecule has 1 N–H and O–H groups in total. The molecular formula is C14H26N2. The highest BCUT2D eigenvalue weighted by molar-refractivity contribution is 5.08. The molecule has 2 heteroatoms. The van der Waals surface area contributed by atoms with Gasteiger partial charge >= 0.3 is 0 Å². The fourth-order valence-corrected chi connectivity index (χ4v) is 4.11. The lowest BCUT2D eigenvalue weighted by atomic mass is 9.51. The molecule has 1 spiro atoms. The first kappa shape index (κ1) is 11.0. The SMILES string of the molecule is CNC1CC2(C1)CC(N1CCC(C)CC1)C2. The standard InChI is InChI=1S/C14H26N2/c1-11-3-5-16(6-4-11)13-9-14(10-13)7-12(8-14)15-2/h11-13,15H,3-10H2,1-2H3. The van der Waals surface area contributed by atoms with E-state index in [1.54, 1.807) is 0 Å². The Kier molecular flexibility index (Phi) is 2.75. The summed E-state index contributed by atoms with van der Waals surface area (Å²) in [6.07, 6.45) is 8.76. The quantitative estimate of drug-likeness (QED) is 0.771. The van der Waals surface area contributed by atoms with Crippen LogP contribution in [0.1, 0.15) is 45.4 Å². The van der Waals surface area contributed by atoms with Crippen LogP contribution in [-0.4, -0.2) is 37.1 Å². The zero-order valence-electron chi connectivity index (χ0n) is 10.8. The second-order valence-corrected chi connectivity index (χ2v) is 6.67. The second kappa shape index (κ2) is 3.99. The van der Waals surface area contributed by atoms with E-state index in [2.05, 4.69) is 24.2 Å². The number of hydrogen-bond donors (Lipinski definition) is 1. The van der Waals surface area contributed by atoms with Gasteiger partial charge in [0.1, 0.15) is 0 Å². The van der Waals surface area contributed by atoms with Crippen molar-refractivity contribution in [3.63, 3.8) is 0 Å². The minimum Gasteiger partial charge on any atom is -0.317 e. The fraction of sp³-hybridized carbons (Fsp3) is 1.00. The van der Waals surface area contributed by atoms with Crippen LogP contribution >= 0.6 is 0 Å². The van der Waals surface area contributed by atoms with Crippen LogP contribution in [0.15, 0.2) is 0 Å². The van der Waals surface area contributed by atoms with Gasteiger partial charge in [-0.1, -0.05) is 6.92 Å². The Morgan fingerprint density at radius 3 is 2.25 bits per heavy atom. The van der Waals surface area contributed by atoms with Gasteiger partial charge in [0.2, 0.25) is 0 Å². The van der Waals surface area contributed by atoms with Crippen LogP contribution in [0.2, 0.25) is 0 Å². The van der Waals surface area contributed by atoms with Crippen molar-refractivity contribution in [1.29, 1.82) is 0 Å². The van der Waals surface area contributed by atoms with Crippen LogP contribution in [0.3, 0.4) is 0 Å². The number of piperidine rings is 1. The first-order chi connectivity index (χ1) is 7.71. The van der Waals surface area contributed by atoms with Crippen LogP contribution < -0.4 is 5.32 Å². The minimum absolute atomic E-state index is 0.779. The van der Waals surface area contributed by atoms with Gasteiger partial charge in [0.15, 0.2) is 0 Å². The largest absolute Gasteiger partial charge is 0.317 e. The molecule has 92 valence electrons. The summed E-state index contributed by atoms with van der Waals surface area (Å²) in [4.78, 5) is 2.78. The number of nitrogens with zero attached hydrogens (tertiary/aromatic N) is 1. The zero-order chi connectivity index (χ0) is 11.2. The van der Waals surface area contributed by atoms with Crippen molar-refractivity contribution in [2.75, 3.05) is 20.1 Å². The Balaban J connectivity index is 1.44. The molecule has 0 radical (unpaired) electrons. The lowest BCUT2D eigenvalue weighted by Gasteiger charge is -2.60. The van der Waals surface area contributed by atoms with E-state index in [9.17, 15) is 0 Å². The van der Waals surface area contributed by atoms with Crippen LogP contribution in [0.5, 0.6) is 0 Å². The summed E-state index contributed by atoms with van der Waals surface area (Å²) in [6.45, 7) is 5.15. The lowest BCUT2D eigenvalue weighted by molar-refractivity contribution is -0.0784. The summed E-state index contributed by atoms with van der Waals surface area (Å²) in [5.74, 6) is 0.975. The van der Waals surface area contributed by atoms with E-state index in [0.717, 1.165) is 23.4 Å². The van der Waals surface area contributed by atoms with Gasteiger partial charge < -0.3 is 10.2 Å². The highest BCUT2D eigenvalue weighted by Gasteiger charge is 2.53.